The molecule has 1 unspecified atom stereocenters. The second-order valence-electron chi connectivity index (χ2n) is 7.48. The van der Waals surface area contributed by atoms with E-state index >= 15 is 0 Å². The summed E-state index contributed by atoms with van der Waals surface area (Å²) in [5, 5.41) is 0. The quantitative estimate of drug-likeness (QED) is 0.581. The standard InChI is InChI=1S/C19H38N2/c1-7-21(15-14-20(6)13-12-16(2)3)19-10-8-18(9-11-19)17(4)5/h8,16-17,19H,7,9-15H2,1-6H3. The van der Waals surface area contributed by atoms with Crippen LogP contribution in [0.2, 0.25) is 0 Å². The van der Waals surface area contributed by atoms with Gasteiger partial charge in [-0.1, -0.05) is 46.3 Å². The topological polar surface area (TPSA) is 6.48 Å². The molecule has 0 spiro atoms. The second kappa shape index (κ2) is 9.63. The minimum atomic E-state index is 0.739. The average Bonchev–Trinajstić information content (AvgIpc) is 2.46. The monoisotopic (exact) mass is 294 g/mol. The van der Waals surface area contributed by atoms with Crippen LogP contribution >= 0.6 is 0 Å². The molecule has 1 rings (SSSR count). The highest BCUT2D eigenvalue weighted by Crippen LogP contribution is 2.26. The smallest absolute Gasteiger partial charge is 0.0133 e. The van der Waals surface area contributed by atoms with Gasteiger partial charge in [-0.3, -0.25) is 4.90 Å². The number of hydrogen-bond donors (Lipinski definition) is 0. The van der Waals surface area contributed by atoms with E-state index < -0.39 is 0 Å². The number of likely N-dealkylation sites (N-methyl/N-ethyl adjacent to an activating group) is 2. The van der Waals surface area contributed by atoms with Crippen LogP contribution in [0.15, 0.2) is 11.6 Å². The molecule has 0 saturated carbocycles. The first kappa shape index (κ1) is 18.7. The zero-order valence-corrected chi connectivity index (χ0v) is 15.4. The summed E-state index contributed by atoms with van der Waals surface area (Å²) in [6.07, 6.45) is 7.75. The molecule has 2 heteroatoms. The Kier molecular flexibility index (Phi) is 8.58. The van der Waals surface area contributed by atoms with Gasteiger partial charge in [0, 0.05) is 19.1 Å². The molecule has 0 radical (unpaired) electrons. The van der Waals surface area contributed by atoms with Crippen molar-refractivity contribution in [2.75, 3.05) is 33.2 Å². The lowest BCUT2D eigenvalue weighted by Gasteiger charge is -2.34. The molecule has 1 aliphatic carbocycles. The van der Waals surface area contributed by atoms with Crippen LogP contribution < -0.4 is 0 Å². The van der Waals surface area contributed by atoms with E-state index in [4.69, 9.17) is 0 Å². The maximum atomic E-state index is 2.69. The molecule has 0 N–H and O–H groups in total. The van der Waals surface area contributed by atoms with Crippen LogP contribution in [0.25, 0.3) is 0 Å². The molecule has 0 amide bonds. The van der Waals surface area contributed by atoms with E-state index in [0.29, 0.717) is 0 Å². The lowest BCUT2D eigenvalue weighted by Crippen LogP contribution is -2.41. The second-order valence-corrected chi connectivity index (χ2v) is 7.48. The van der Waals surface area contributed by atoms with Gasteiger partial charge >= 0.3 is 0 Å². The fourth-order valence-corrected chi connectivity index (χ4v) is 3.19. The lowest BCUT2D eigenvalue weighted by atomic mass is 9.88. The normalized spacial score (nSPS) is 19.9. The third-order valence-corrected chi connectivity index (χ3v) is 4.94. The van der Waals surface area contributed by atoms with E-state index in [2.05, 4.69) is 57.5 Å². The zero-order chi connectivity index (χ0) is 15.8. The molecule has 2 nitrogen and oxygen atoms in total. The van der Waals surface area contributed by atoms with Gasteiger partial charge in [0.05, 0.1) is 0 Å². The van der Waals surface area contributed by atoms with Gasteiger partial charge in [-0.05, 0) is 57.7 Å². The number of nitrogens with zero attached hydrogens (tertiary/aromatic N) is 2. The zero-order valence-electron chi connectivity index (χ0n) is 15.4. The molecular weight excluding hydrogens is 256 g/mol. The Labute approximate surface area is 133 Å². The molecule has 1 atom stereocenters. The van der Waals surface area contributed by atoms with E-state index in [-0.39, 0.29) is 0 Å². The van der Waals surface area contributed by atoms with Crippen LogP contribution in [-0.4, -0.2) is 49.1 Å². The van der Waals surface area contributed by atoms with Gasteiger partial charge in [0.2, 0.25) is 0 Å². The summed E-state index contributed by atoms with van der Waals surface area (Å²) in [5.74, 6) is 1.55. The van der Waals surface area contributed by atoms with Gasteiger partial charge in [0.25, 0.3) is 0 Å². The van der Waals surface area contributed by atoms with Crippen molar-refractivity contribution in [3.63, 3.8) is 0 Å². The highest BCUT2D eigenvalue weighted by Gasteiger charge is 2.21. The van der Waals surface area contributed by atoms with E-state index in [1.165, 1.54) is 51.9 Å². The SMILES string of the molecule is CCN(CCN(C)CCC(C)C)C1CC=C(C(C)C)CC1. The van der Waals surface area contributed by atoms with Gasteiger partial charge in [-0.2, -0.15) is 0 Å². The Hall–Kier alpha value is -0.340. The molecule has 0 aliphatic heterocycles. The van der Waals surface area contributed by atoms with Gasteiger partial charge in [-0.15, -0.1) is 0 Å². The highest BCUT2D eigenvalue weighted by atomic mass is 15.2. The summed E-state index contributed by atoms with van der Waals surface area (Å²) < 4.78 is 0. The maximum Gasteiger partial charge on any atom is 0.0133 e. The van der Waals surface area contributed by atoms with Crippen LogP contribution in [0.3, 0.4) is 0 Å². The molecular formula is C19H38N2. The summed E-state index contributed by atoms with van der Waals surface area (Å²) in [6.45, 7) is 16.4. The van der Waals surface area contributed by atoms with Crippen molar-refractivity contribution in [1.82, 2.24) is 9.80 Å². The molecule has 1 aliphatic rings. The molecule has 0 aromatic carbocycles. The summed E-state index contributed by atoms with van der Waals surface area (Å²) in [5.41, 5.74) is 1.68. The number of allylic oxidation sites excluding steroid dienone is 1. The van der Waals surface area contributed by atoms with Crippen molar-refractivity contribution in [1.29, 1.82) is 0 Å². The third-order valence-electron chi connectivity index (χ3n) is 4.94. The van der Waals surface area contributed by atoms with E-state index in [0.717, 1.165) is 17.9 Å². The van der Waals surface area contributed by atoms with Crippen LogP contribution in [-0.2, 0) is 0 Å². The van der Waals surface area contributed by atoms with Gasteiger partial charge in [0.1, 0.15) is 0 Å². The molecule has 0 saturated heterocycles. The summed E-state index contributed by atoms with van der Waals surface area (Å²) >= 11 is 0. The first-order chi connectivity index (χ1) is 9.93. The molecule has 0 bridgehead atoms. The Morgan fingerprint density at radius 3 is 2.33 bits per heavy atom. The van der Waals surface area contributed by atoms with E-state index in [1.54, 1.807) is 5.57 Å². The molecule has 0 fully saturated rings. The average molecular weight is 295 g/mol. The van der Waals surface area contributed by atoms with Gasteiger partial charge < -0.3 is 4.90 Å². The van der Waals surface area contributed by atoms with Crippen molar-refractivity contribution in [3.05, 3.63) is 11.6 Å². The lowest BCUT2D eigenvalue weighted by molar-refractivity contribution is 0.164. The summed E-state index contributed by atoms with van der Waals surface area (Å²) in [7, 11) is 2.27. The van der Waals surface area contributed by atoms with Gasteiger partial charge in [-0.25, -0.2) is 0 Å². The third kappa shape index (κ3) is 6.97. The highest BCUT2D eigenvalue weighted by molar-refractivity contribution is 5.10. The summed E-state index contributed by atoms with van der Waals surface area (Å²) in [6, 6.07) is 0.774. The largest absolute Gasteiger partial charge is 0.305 e. The Bertz CT molecular complexity index is 307. The minimum Gasteiger partial charge on any atom is -0.305 e. The van der Waals surface area contributed by atoms with Crippen molar-refractivity contribution >= 4 is 0 Å². The Morgan fingerprint density at radius 1 is 1.14 bits per heavy atom. The van der Waals surface area contributed by atoms with Crippen LogP contribution in [0.5, 0.6) is 0 Å². The first-order valence-electron chi connectivity index (χ1n) is 9.05. The van der Waals surface area contributed by atoms with Crippen molar-refractivity contribution in [2.45, 2.75) is 66.3 Å². The van der Waals surface area contributed by atoms with E-state index in [9.17, 15) is 0 Å². The first-order valence-corrected chi connectivity index (χ1v) is 9.05. The van der Waals surface area contributed by atoms with Crippen LogP contribution in [0, 0.1) is 11.8 Å². The van der Waals surface area contributed by atoms with Crippen LogP contribution in [0.1, 0.15) is 60.3 Å². The molecule has 0 aromatic rings. The fourth-order valence-electron chi connectivity index (χ4n) is 3.19. The summed E-state index contributed by atoms with van der Waals surface area (Å²) in [4.78, 5) is 5.19. The maximum absolute atomic E-state index is 2.69. The number of hydrogen-bond acceptors (Lipinski definition) is 2. The molecule has 0 heterocycles. The molecule has 0 aromatic heterocycles. The van der Waals surface area contributed by atoms with Crippen molar-refractivity contribution < 1.29 is 0 Å². The Balaban J connectivity index is 2.35. The molecule has 124 valence electrons. The van der Waals surface area contributed by atoms with Crippen molar-refractivity contribution in [3.8, 4) is 0 Å². The predicted octanol–water partition coefficient (Wildman–Crippen LogP) is 4.42. The van der Waals surface area contributed by atoms with Gasteiger partial charge in [0.15, 0.2) is 0 Å². The molecule has 21 heavy (non-hydrogen) atoms. The number of rotatable bonds is 9. The van der Waals surface area contributed by atoms with E-state index in [1.807, 2.05) is 0 Å². The van der Waals surface area contributed by atoms with Crippen LogP contribution in [0.4, 0.5) is 0 Å². The van der Waals surface area contributed by atoms with Crippen molar-refractivity contribution in [2.24, 2.45) is 11.8 Å². The Morgan fingerprint density at radius 2 is 1.86 bits per heavy atom. The fraction of sp³-hybridized carbons (Fsp3) is 0.895. The predicted molar refractivity (Wildman–Crippen MR) is 94.8 cm³/mol. The minimum absolute atomic E-state index is 0.739.